The third kappa shape index (κ3) is 4.43. The summed E-state index contributed by atoms with van der Waals surface area (Å²) in [5.41, 5.74) is 1.22. The molecule has 0 aliphatic carbocycles. The van der Waals surface area contributed by atoms with Gasteiger partial charge >= 0.3 is 0 Å². The highest BCUT2D eigenvalue weighted by atomic mass is 79.9. The molecular formula is C16H16BrF2NO. The van der Waals surface area contributed by atoms with Crippen LogP contribution in [0.5, 0.6) is 5.75 Å². The molecule has 0 spiro atoms. The van der Waals surface area contributed by atoms with Gasteiger partial charge < -0.3 is 10.1 Å². The number of benzene rings is 2. The van der Waals surface area contributed by atoms with Crippen molar-refractivity contribution in [3.63, 3.8) is 0 Å². The van der Waals surface area contributed by atoms with E-state index < -0.39 is 11.6 Å². The minimum Gasteiger partial charge on any atom is -0.491 e. The van der Waals surface area contributed by atoms with E-state index in [2.05, 4.69) is 21.2 Å². The minimum absolute atomic E-state index is 0.123. The van der Waals surface area contributed by atoms with E-state index in [1.165, 1.54) is 6.07 Å². The molecule has 2 nitrogen and oxygen atoms in total. The summed E-state index contributed by atoms with van der Waals surface area (Å²) in [6.07, 6.45) is 0.123. The molecule has 0 saturated heterocycles. The third-order valence-corrected chi connectivity index (χ3v) is 3.40. The number of nitrogens with one attached hydrogen (secondary N) is 1. The van der Waals surface area contributed by atoms with Crippen molar-refractivity contribution in [3.8, 4) is 5.75 Å². The summed E-state index contributed by atoms with van der Waals surface area (Å²) in [4.78, 5) is 0. The maximum absolute atomic E-state index is 13.7. The lowest BCUT2D eigenvalue weighted by atomic mass is 10.2. The van der Waals surface area contributed by atoms with Crippen LogP contribution in [0.15, 0.2) is 40.9 Å². The highest BCUT2D eigenvalue weighted by Crippen LogP contribution is 2.27. The van der Waals surface area contributed by atoms with Gasteiger partial charge in [0.15, 0.2) is 0 Å². The molecule has 5 heteroatoms. The van der Waals surface area contributed by atoms with Crippen molar-refractivity contribution < 1.29 is 13.5 Å². The third-order valence-electron chi connectivity index (χ3n) is 2.77. The minimum atomic E-state index is -0.623. The average molecular weight is 356 g/mol. The Morgan fingerprint density at radius 3 is 2.38 bits per heavy atom. The van der Waals surface area contributed by atoms with Gasteiger partial charge in [0.05, 0.1) is 11.8 Å². The maximum atomic E-state index is 13.7. The first-order valence-corrected chi connectivity index (χ1v) is 7.39. The molecule has 0 amide bonds. The first-order valence-electron chi connectivity index (χ1n) is 6.59. The molecule has 21 heavy (non-hydrogen) atoms. The van der Waals surface area contributed by atoms with E-state index in [4.69, 9.17) is 4.74 Å². The lowest BCUT2D eigenvalue weighted by molar-refractivity contribution is 0.242. The molecule has 0 fully saturated rings. The van der Waals surface area contributed by atoms with Gasteiger partial charge in [-0.05, 0) is 53.5 Å². The Bertz CT molecular complexity index is 591. The molecule has 0 bridgehead atoms. The van der Waals surface area contributed by atoms with Gasteiger partial charge in [-0.2, -0.15) is 0 Å². The molecule has 0 aliphatic rings. The average Bonchev–Trinajstić information content (AvgIpc) is 2.38. The summed E-state index contributed by atoms with van der Waals surface area (Å²) < 4.78 is 32.6. The van der Waals surface area contributed by atoms with Crippen LogP contribution >= 0.6 is 15.9 Å². The SMILES string of the molecule is CC(C)Oc1ccc(CNc2c(F)cc(F)cc2Br)cc1. The Hall–Kier alpha value is -1.62. The van der Waals surface area contributed by atoms with E-state index in [9.17, 15) is 8.78 Å². The Morgan fingerprint density at radius 2 is 1.81 bits per heavy atom. The predicted octanol–water partition coefficient (Wildman–Crippen LogP) is 5.13. The van der Waals surface area contributed by atoms with Gasteiger partial charge in [-0.25, -0.2) is 8.78 Å². The Labute approximate surface area is 131 Å². The maximum Gasteiger partial charge on any atom is 0.150 e. The number of hydrogen-bond donors (Lipinski definition) is 1. The van der Waals surface area contributed by atoms with Crippen LogP contribution < -0.4 is 10.1 Å². The summed E-state index contributed by atoms with van der Waals surface area (Å²) in [6.45, 7) is 4.36. The van der Waals surface area contributed by atoms with Crippen LogP contribution in [-0.2, 0) is 6.54 Å². The van der Waals surface area contributed by atoms with Crippen molar-refractivity contribution in [2.24, 2.45) is 0 Å². The second kappa shape index (κ2) is 6.89. The van der Waals surface area contributed by atoms with E-state index >= 15 is 0 Å². The van der Waals surface area contributed by atoms with Crippen LogP contribution in [0.1, 0.15) is 19.4 Å². The van der Waals surface area contributed by atoms with E-state index in [-0.39, 0.29) is 11.8 Å². The lowest BCUT2D eigenvalue weighted by Gasteiger charge is -2.12. The molecule has 2 aromatic carbocycles. The predicted molar refractivity (Wildman–Crippen MR) is 83.6 cm³/mol. The highest BCUT2D eigenvalue weighted by Gasteiger charge is 2.09. The number of rotatable bonds is 5. The van der Waals surface area contributed by atoms with Crippen molar-refractivity contribution in [3.05, 3.63) is 58.1 Å². The number of hydrogen-bond acceptors (Lipinski definition) is 2. The number of anilines is 1. The topological polar surface area (TPSA) is 21.3 Å². The van der Waals surface area contributed by atoms with Gasteiger partial charge in [-0.3, -0.25) is 0 Å². The summed E-state index contributed by atoms with van der Waals surface area (Å²) in [6, 6.07) is 9.62. The normalized spacial score (nSPS) is 10.8. The number of halogens is 3. The second-order valence-corrected chi connectivity index (χ2v) is 5.76. The monoisotopic (exact) mass is 355 g/mol. The fourth-order valence-electron chi connectivity index (χ4n) is 1.86. The molecule has 2 aromatic rings. The highest BCUT2D eigenvalue weighted by molar-refractivity contribution is 9.10. The van der Waals surface area contributed by atoms with Crippen molar-refractivity contribution in [2.75, 3.05) is 5.32 Å². The van der Waals surface area contributed by atoms with Gasteiger partial charge in [0.25, 0.3) is 0 Å². The summed E-state index contributed by atoms with van der Waals surface area (Å²) in [5, 5.41) is 2.96. The molecule has 0 aromatic heterocycles. The van der Waals surface area contributed by atoms with Crippen molar-refractivity contribution in [1.29, 1.82) is 0 Å². The first kappa shape index (κ1) is 15.8. The Morgan fingerprint density at radius 1 is 1.14 bits per heavy atom. The van der Waals surface area contributed by atoms with Crippen molar-refractivity contribution in [2.45, 2.75) is 26.5 Å². The van der Waals surface area contributed by atoms with E-state index in [1.54, 1.807) is 0 Å². The smallest absolute Gasteiger partial charge is 0.150 e. The molecule has 0 unspecified atom stereocenters. The molecule has 0 radical (unpaired) electrons. The fraction of sp³-hybridized carbons (Fsp3) is 0.250. The first-order chi connectivity index (χ1) is 9.95. The van der Waals surface area contributed by atoms with Crippen LogP contribution in [0.3, 0.4) is 0 Å². The van der Waals surface area contributed by atoms with E-state index in [1.807, 2.05) is 38.1 Å². The second-order valence-electron chi connectivity index (χ2n) is 4.91. The van der Waals surface area contributed by atoms with Crippen LogP contribution in [0, 0.1) is 11.6 Å². The molecular weight excluding hydrogens is 340 g/mol. The number of ether oxygens (including phenoxy) is 1. The van der Waals surface area contributed by atoms with Crippen LogP contribution in [0.4, 0.5) is 14.5 Å². The molecule has 112 valence electrons. The molecule has 1 N–H and O–H groups in total. The van der Waals surface area contributed by atoms with Gasteiger partial charge in [0.1, 0.15) is 17.4 Å². The zero-order valence-electron chi connectivity index (χ0n) is 11.8. The zero-order valence-corrected chi connectivity index (χ0v) is 13.4. The largest absolute Gasteiger partial charge is 0.491 e. The molecule has 0 aliphatic heterocycles. The standard InChI is InChI=1S/C16H16BrF2NO/c1-10(2)21-13-5-3-11(4-6-13)9-20-16-14(17)7-12(18)8-15(16)19/h3-8,10,20H,9H2,1-2H3. The van der Waals surface area contributed by atoms with Crippen molar-refractivity contribution in [1.82, 2.24) is 0 Å². The summed E-state index contributed by atoms with van der Waals surface area (Å²) in [7, 11) is 0. The fourth-order valence-corrected chi connectivity index (χ4v) is 2.41. The van der Waals surface area contributed by atoms with Crippen LogP contribution in [0.25, 0.3) is 0 Å². The van der Waals surface area contributed by atoms with Gasteiger partial charge in [-0.1, -0.05) is 12.1 Å². The van der Waals surface area contributed by atoms with E-state index in [0.717, 1.165) is 17.4 Å². The van der Waals surface area contributed by atoms with Gasteiger partial charge in [-0.15, -0.1) is 0 Å². The van der Waals surface area contributed by atoms with Crippen molar-refractivity contribution >= 4 is 21.6 Å². The molecule has 2 rings (SSSR count). The van der Waals surface area contributed by atoms with Crippen LogP contribution in [-0.4, -0.2) is 6.10 Å². The zero-order chi connectivity index (χ0) is 15.4. The lowest BCUT2D eigenvalue weighted by Crippen LogP contribution is -2.06. The Kier molecular flexibility index (Phi) is 5.17. The van der Waals surface area contributed by atoms with Crippen LogP contribution in [0.2, 0.25) is 0 Å². The molecule has 0 saturated carbocycles. The van der Waals surface area contributed by atoms with E-state index in [0.29, 0.717) is 11.0 Å². The van der Waals surface area contributed by atoms with Gasteiger partial charge in [0.2, 0.25) is 0 Å². The molecule has 0 heterocycles. The molecule has 0 atom stereocenters. The summed E-state index contributed by atoms with van der Waals surface area (Å²) in [5.74, 6) is -0.440. The van der Waals surface area contributed by atoms with Gasteiger partial charge in [0, 0.05) is 17.1 Å². The Balaban J connectivity index is 2.03. The summed E-state index contributed by atoms with van der Waals surface area (Å²) >= 11 is 3.15. The quantitative estimate of drug-likeness (QED) is 0.802.